The van der Waals surface area contributed by atoms with Crippen molar-refractivity contribution in [1.29, 1.82) is 0 Å². The van der Waals surface area contributed by atoms with Crippen molar-refractivity contribution >= 4 is 5.91 Å². The Labute approximate surface area is 132 Å². The van der Waals surface area contributed by atoms with Gasteiger partial charge in [-0.2, -0.15) is 0 Å². The van der Waals surface area contributed by atoms with E-state index in [9.17, 15) is 9.18 Å². The minimum Gasteiger partial charge on any atom is -0.342 e. The third-order valence-electron chi connectivity index (χ3n) is 4.26. The second-order valence-corrected chi connectivity index (χ2v) is 5.81. The van der Waals surface area contributed by atoms with Crippen molar-refractivity contribution in [3.05, 3.63) is 35.6 Å². The first-order valence-corrected chi connectivity index (χ1v) is 8.08. The van der Waals surface area contributed by atoms with Gasteiger partial charge >= 0.3 is 0 Å². The normalized spacial score (nSPS) is 20.6. The molecule has 1 N–H and O–H groups in total. The Morgan fingerprint density at radius 2 is 2.00 bits per heavy atom. The fourth-order valence-corrected chi connectivity index (χ4v) is 3.06. The molecule has 0 aromatic heterocycles. The molecule has 1 saturated heterocycles. The second kappa shape index (κ2) is 7.70. The largest absolute Gasteiger partial charge is 0.342 e. The van der Waals surface area contributed by atoms with Crippen molar-refractivity contribution in [2.45, 2.75) is 32.9 Å². The van der Waals surface area contributed by atoms with Crippen LogP contribution in [0.15, 0.2) is 24.3 Å². The Hall–Kier alpha value is -1.46. The maximum Gasteiger partial charge on any atom is 0.244 e. The van der Waals surface area contributed by atoms with Crippen LogP contribution >= 0.6 is 0 Å². The predicted molar refractivity (Wildman–Crippen MR) is 86.1 cm³/mol. The molecule has 1 aromatic rings. The van der Waals surface area contributed by atoms with E-state index in [-0.39, 0.29) is 17.8 Å². The molecule has 122 valence electrons. The quantitative estimate of drug-likeness (QED) is 0.904. The van der Waals surface area contributed by atoms with Gasteiger partial charge in [0, 0.05) is 38.8 Å². The number of rotatable bonds is 5. The summed E-state index contributed by atoms with van der Waals surface area (Å²) in [6.07, 6.45) is 0. The summed E-state index contributed by atoms with van der Waals surface area (Å²) in [5.74, 6) is -0.169. The molecule has 0 radical (unpaired) electrons. The van der Waals surface area contributed by atoms with E-state index in [1.807, 2.05) is 18.7 Å². The summed E-state index contributed by atoms with van der Waals surface area (Å²) in [6.45, 7) is 9.98. The molecule has 22 heavy (non-hydrogen) atoms. The van der Waals surface area contributed by atoms with Crippen LogP contribution in [-0.2, 0) is 4.79 Å². The van der Waals surface area contributed by atoms with Crippen molar-refractivity contribution in [2.24, 2.45) is 0 Å². The number of nitrogens with zero attached hydrogens (tertiary/aromatic N) is 2. The maximum atomic E-state index is 13.2. The van der Waals surface area contributed by atoms with Crippen LogP contribution in [0.3, 0.4) is 0 Å². The predicted octanol–water partition coefficient (Wildman–Crippen LogP) is 2.03. The van der Waals surface area contributed by atoms with Crippen LogP contribution in [0.2, 0.25) is 0 Å². The van der Waals surface area contributed by atoms with E-state index in [1.165, 1.54) is 12.1 Å². The number of hydrogen-bond acceptors (Lipinski definition) is 3. The summed E-state index contributed by atoms with van der Waals surface area (Å²) in [5.41, 5.74) is 0.868. The minimum absolute atomic E-state index is 0.103. The van der Waals surface area contributed by atoms with Crippen LogP contribution in [-0.4, -0.2) is 54.5 Å². The van der Waals surface area contributed by atoms with Gasteiger partial charge in [0.25, 0.3) is 0 Å². The summed E-state index contributed by atoms with van der Waals surface area (Å²) < 4.78 is 13.2. The Morgan fingerprint density at radius 3 is 2.55 bits per heavy atom. The minimum atomic E-state index is -0.329. The lowest BCUT2D eigenvalue weighted by Crippen LogP contribution is -2.53. The van der Waals surface area contributed by atoms with Crippen molar-refractivity contribution in [1.82, 2.24) is 15.1 Å². The summed E-state index contributed by atoms with van der Waals surface area (Å²) in [7, 11) is 0. The molecule has 1 fully saturated rings. The molecule has 0 bridgehead atoms. The number of hydrogen-bond donors (Lipinski definition) is 1. The third-order valence-corrected chi connectivity index (χ3v) is 4.26. The lowest BCUT2D eigenvalue weighted by molar-refractivity contribution is -0.137. The van der Waals surface area contributed by atoms with E-state index in [0.717, 1.165) is 25.2 Å². The lowest BCUT2D eigenvalue weighted by atomic mass is 10.0. The first-order chi connectivity index (χ1) is 10.6. The van der Waals surface area contributed by atoms with Gasteiger partial charge < -0.3 is 10.2 Å². The molecule has 1 heterocycles. The van der Waals surface area contributed by atoms with Gasteiger partial charge in [0.1, 0.15) is 11.9 Å². The van der Waals surface area contributed by atoms with Crippen molar-refractivity contribution in [3.63, 3.8) is 0 Å². The number of amides is 1. The summed E-state index contributed by atoms with van der Waals surface area (Å²) in [6, 6.07) is 6.35. The molecule has 0 spiro atoms. The summed E-state index contributed by atoms with van der Waals surface area (Å²) >= 11 is 0. The van der Waals surface area contributed by atoms with Crippen LogP contribution < -0.4 is 5.32 Å². The number of carbonyl (C=O) groups is 1. The average molecular weight is 307 g/mol. The molecule has 1 amide bonds. The second-order valence-electron chi connectivity index (χ2n) is 5.81. The zero-order chi connectivity index (χ0) is 16.1. The molecule has 2 rings (SSSR count). The third kappa shape index (κ3) is 3.84. The highest BCUT2D eigenvalue weighted by Gasteiger charge is 2.32. The zero-order valence-corrected chi connectivity index (χ0v) is 13.7. The highest BCUT2D eigenvalue weighted by Crippen LogP contribution is 2.25. The number of carbonyl (C=O) groups excluding carboxylic acids is 1. The Balaban J connectivity index is 2.31. The fraction of sp³-hybridized carbons (Fsp3) is 0.588. The number of piperazine rings is 1. The Kier molecular flexibility index (Phi) is 5.91. The van der Waals surface area contributed by atoms with Gasteiger partial charge in [-0.05, 0) is 38.5 Å². The molecule has 1 aromatic carbocycles. The zero-order valence-electron chi connectivity index (χ0n) is 13.7. The van der Waals surface area contributed by atoms with Crippen molar-refractivity contribution in [3.8, 4) is 0 Å². The number of halogens is 1. The first kappa shape index (κ1) is 16.9. The van der Waals surface area contributed by atoms with Crippen LogP contribution in [0.1, 0.15) is 32.4 Å². The molecule has 5 heteroatoms. The molecular formula is C17H26FN3O. The molecular weight excluding hydrogens is 281 g/mol. The summed E-state index contributed by atoms with van der Waals surface area (Å²) in [4.78, 5) is 17.0. The number of likely N-dealkylation sites (N-methyl/N-ethyl adjacent to an activating group) is 1. The van der Waals surface area contributed by atoms with Crippen molar-refractivity contribution in [2.75, 3.05) is 32.7 Å². The smallest absolute Gasteiger partial charge is 0.244 e. The van der Waals surface area contributed by atoms with E-state index in [1.54, 1.807) is 12.1 Å². The number of nitrogens with one attached hydrogen (secondary N) is 1. The SMILES string of the molecule is CCN(CC)C(=O)C(c1ccc(F)cc1)N1CCNC(C)C1. The van der Waals surface area contributed by atoms with E-state index in [0.29, 0.717) is 19.1 Å². The van der Waals surface area contributed by atoms with Crippen LogP contribution in [0, 0.1) is 5.82 Å². The van der Waals surface area contributed by atoms with Gasteiger partial charge in [0.05, 0.1) is 0 Å². The van der Waals surface area contributed by atoms with Gasteiger partial charge in [-0.3, -0.25) is 9.69 Å². The molecule has 1 aliphatic rings. The van der Waals surface area contributed by atoms with Crippen molar-refractivity contribution < 1.29 is 9.18 Å². The first-order valence-electron chi connectivity index (χ1n) is 8.08. The van der Waals surface area contributed by atoms with E-state index in [4.69, 9.17) is 0 Å². The average Bonchev–Trinajstić information content (AvgIpc) is 2.51. The Morgan fingerprint density at radius 1 is 1.36 bits per heavy atom. The van der Waals surface area contributed by atoms with Gasteiger partial charge in [0.15, 0.2) is 0 Å². The van der Waals surface area contributed by atoms with Gasteiger partial charge in [-0.15, -0.1) is 0 Å². The number of benzene rings is 1. The molecule has 2 atom stereocenters. The molecule has 0 aliphatic carbocycles. The molecule has 1 aliphatic heterocycles. The van der Waals surface area contributed by atoms with Gasteiger partial charge in [0.2, 0.25) is 5.91 Å². The van der Waals surface area contributed by atoms with E-state index >= 15 is 0 Å². The Bertz CT molecular complexity index is 487. The molecule has 2 unspecified atom stereocenters. The van der Waals surface area contributed by atoms with E-state index in [2.05, 4.69) is 17.1 Å². The van der Waals surface area contributed by atoms with E-state index < -0.39 is 0 Å². The van der Waals surface area contributed by atoms with Crippen LogP contribution in [0.25, 0.3) is 0 Å². The maximum absolute atomic E-state index is 13.2. The van der Waals surface area contributed by atoms with Gasteiger partial charge in [-0.1, -0.05) is 12.1 Å². The topological polar surface area (TPSA) is 35.6 Å². The van der Waals surface area contributed by atoms with Crippen LogP contribution in [0.4, 0.5) is 4.39 Å². The van der Waals surface area contributed by atoms with Crippen LogP contribution in [0.5, 0.6) is 0 Å². The molecule has 0 saturated carbocycles. The highest BCUT2D eigenvalue weighted by atomic mass is 19.1. The standard InChI is InChI=1S/C17H26FN3O/c1-4-20(5-2)17(22)16(14-6-8-15(18)9-7-14)21-11-10-19-13(3)12-21/h6-9,13,16,19H,4-5,10-12H2,1-3H3. The monoisotopic (exact) mass is 307 g/mol. The lowest BCUT2D eigenvalue weighted by Gasteiger charge is -2.39. The fourth-order valence-electron chi connectivity index (χ4n) is 3.06. The summed E-state index contributed by atoms with van der Waals surface area (Å²) in [5, 5.41) is 3.40. The highest BCUT2D eigenvalue weighted by molar-refractivity contribution is 5.83. The molecule has 4 nitrogen and oxygen atoms in total. The van der Waals surface area contributed by atoms with Gasteiger partial charge in [-0.25, -0.2) is 4.39 Å².